The van der Waals surface area contributed by atoms with E-state index in [9.17, 15) is 13.6 Å². The topological polar surface area (TPSA) is 55.1 Å². The molecule has 1 amide bonds. The summed E-state index contributed by atoms with van der Waals surface area (Å²) in [5.41, 5.74) is 6.34. The van der Waals surface area contributed by atoms with Gasteiger partial charge in [0.2, 0.25) is 5.91 Å². The normalized spacial score (nSPS) is 23.1. The highest BCUT2D eigenvalue weighted by molar-refractivity contribution is 5.78. The van der Waals surface area contributed by atoms with Crippen LogP contribution in [0.15, 0.2) is 18.2 Å². The third kappa shape index (κ3) is 3.73. The van der Waals surface area contributed by atoms with Crippen LogP contribution in [0.4, 0.5) is 8.78 Å². The maximum atomic E-state index is 13.0. The average molecular weight is 268 g/mol. The molecule has 1 aromatic carbocycles. The quantitative estimate of drug-likeness (QED) is 0.882. The van der Waals surface area contributed by atoms with E-state index in [-0.39, 0.29) is 24.4 Å². The first-order valence-corrected chi connectivity index (χ1v) is 6.53. The molecule has 1 aliphatic rings. The predicted molar refractivity (Wildman–Crippen MR) is 68.1 cm³/mol. The molecule has 3 nitrogen and oxygen atoms in total. The molecule has 5 heteroatoms. The molecular weight excluding hydrogens is 250 g/mol. The van der Waals surface area contributed by atoms with Crippen molar-refractivity contribution in [3.8, 4) is 0 Å². The van der Waals surface area contributed by atoms with Gasteiger partial charge in [0.15, 0.2) is 11.6 Å². The minimum absolute atomic E-state index is 0.00917. The van der Waals surface area contributed by atoms with E-state index < -0.39 is 11.6 Å². The molecule has 0 bridgehead atoms. The third-order valence-corrected chi connectivity index (χ3v) is 3.59. The van der Waals surface area contributed by atoms with E-state index in [0.717, 1.165) is 37.8 Å². The number of nitrogens with one attached hydrogen (secondary N) is 1. The highest BCUT2D eigenvalue weighted by atomic mass is 19.2. The minimum Gasteiger partial charge on any atom is -0.352 e. The SMILES string of the molecule is N[C@H]1CC[C@@H](C(=O)NCc2ccc(F)c(F)c2)CC1. The molecule has 0 radical (unpaired) electrons. The third-order valence-electron chi connectivity index (χ3n) is 3.59. The Morgan fingerprint density at radius 1 is 1.21 bits per heavy atom. The highest BCUT2D eigenvalue weighted by Gasteiger charge is 2.24. The second kappa shape index (κ2) is 6.10. The Labute approximate surface area is 111 Å². The Morgan fingerprint density at radius 3 is 2.53 bits per heavy atom. The Hall–Kier alpha value is -1.49. The van der Waals surface area contributed by atoms with Crippen LogP contribution in [-0.2, 0) is 11.3 Å². The van der Waals surface area contributed by atoms with Crippen LogP contribution in [-0.4, -0.2) is 11.9 Å². The van der Waals surface area contributed by atoms with E-state index in [1.54, 1.807) is 0 Å². The summed E-state index contributed by atoms with van der Waals surface area (Å²) in [5.74, 6) is -1.81. The van der Waals surface area contributed by atoms with Gasteiger partial charge in [-0.15, -0.1) is 0 Å². The van der Waals surface area contributed by atoms with Crippen LogP contribution in [0, 0.1) is 17.6 Å². The number of nitrogens with two attached hydrogens (primary N) is 1. The monoisotopic (exact) mass is 268 g/mol. The molecule has 0 heterocycles. The molecule has 0 saturated heterocycles. The van der Waals surface area contributed by atoms with Crippen molar-refractivity contribution in [2.75, 3.05) is 0 Å². The number of carbonyl (C=O) groups is 1. The maximum Gasteiger partial charge on any atom is 0.223 e. The summed E-state index contributed by atoms with van der Waals surface area (Å²) in [6.45, 7) is 0.221. The molecule has 0 unspecified atom stereocenters. The summed E-state index contributed by atoms with van der Waals surface area (Å²) in [6.07, 6.45) is 3.32. The Bertz CT molecular complexity index is 457. The maximum absolute atomic E-state index is 13.0. The molecule has 0 spiro atoms. The molecule has 3 N–H and O–H groups in total. The molecule has 0 atom stereocenters. The second-order valence-corrected chi connectivity index (χ2v) is 5.08. The summed E-state index contributed by atoms with van der Waals surface area (Å²) < 4.78 is 25.8. The molecular formula is C14H18F2N2O. The molecule has 2 rings (SSSR count). The van der Waals surface area contributed by atoms with Crippen LogP contribution in [0.2, 0.25) is 0 Å². The van der Waals surface area contributed by atoms with Crippen LogP contribution >= 0.6 is 0 Å². The van der Waals surface area contributed by atoms with E-state index in [1.807, 2.05) is 0 Å². The molecule has 104 valence electrons. The lowest BCUT2D eigenvalue weighted by Crippen LogP contribution is -2.35. The predicted octanol–water partition coefficient (Wildman–Crippen LogP) is 2.10. The largest absolute Gasteiger partial charge is 0.352 e. The molecule has 0 aromatic heterocycles. The fourth-order valence-electron chi connectivity index (χ4n) is 2.36. The van der Waals surface area contributed by atoms with Gasteiger partial charge in [-0.05, 0) is 43.4 Å². The Morgan fingerprint density at radius 2 is 1.89 bits per heavy atom. The summed E-state index contributed by atoms with van der Waals surface area (Å²) >= 11 is 0. The minimum atomic E-state index is -0.893. The van der Waals surface area contributed by atoms with Crippen molar-refractivity contribution in [1.82, 2.24) is 5.32 Å². The fraction of sp³-hybridized carbons (Fsp3) is 0.500. The van der Waals surface area contributed by atoms with Crippen LogP contribution < -0.4 is 11.1 Å². The second-order valence-electron chi connectivity index (χ2n) is 5.08. The average Bonchev–Trinajstić information content (AvgIpc) is 2.40. The number of carbonyl (C=O) groups excluding carboxylic acids is 1. The van der Waals surface area contributed by atoms with E-state index in [4.69, 9.17) is 5.73 Å². The van der Waals surface area contributed by atoms with E-state index >= 15 is 0 Å². The smallest absolute Gasteiger partial charge is 0.223 e. The number of rotatable bonds is 3. The van der Waals surface area contributed by atoms with Gasteiger partial charge in [-0.1, -0.05) is 6.07 Å². The highest BCUT2D eigenvalue weighted by Crippen LogP contribution is 2.23. The van der Waals surface area contributed by atoms with Gasteiger partial charge in [-0.2, -0.15) is 0 Å². The van der Waals surface area contributed by atoms with Gasteiger partial charge in [0, 0.05) is 18.5 Å². The summed E-state index contributed by atoms with van der Waals surface area (Å²) in [5, 5.41) is 2.76. The number of benzene rings is 1. The summed E-state index contributed by atoms with van der Waals surface area (Å²) in [4.78, 5) is 11.9. The van der Waals surface area contributed by atoms with Gasteiger partial charge in [-0.25, -0.2) is 8.78 Å². The molecule has 1 fully saturated rings. The molecule has 1 aromatic rings. The number of hydrogen-bond acceptors (Lipinski definition) is 2. The zero-order valence-electron chi connectivity index (χ0n) is 10.7. The summed E-state index contributed by atoms with van der Waals surface area (Å²) in [7, 11) is 0. The van der Waals surface area contributed by atoms with Crippen molar-refractivity contribution < 1.29 is 13.6 Å². The first-order valence-electron chi connectivity index (χ1n) is 6.53. The first-order chi connectivity index (χ1) is 9.06. The van der Waals surface area contributed by atoms with Gasteiger partial charge in [-0.3, -0.25) is 4.79 Å². The zero-order chi connectivity index (χ0) is 13.8. The van der Waals surface area contributed by atoms with Crippen molar-refractivity contribution in [2.24, 2.45) is 11.7 Å². The van der Waals surface area contributed by atoms with Gasteiger partial charge >= 0.3 is 0 Å². The van der Waals surface area contributed by atoms with Crippen LogP contribution in [0.1, 0.15) is 31.2 Å². The van der Waals surface area contributed by atoms with E-state index in [0.29, 0.717) is 5.56 Å². The lowest BCUT2D eigenvalue weighted by molar-refractivity contribution is -0.126. The van der Waals surface area contributed by atoms with Crippen molar-refractivity contribution in [2.45, 2.75) is 38.3 Å². The van der Waals surface area contributed by atoms with Crippen LogP contribution in [0.3, 0.4) is 0 Å². The van der Waals surface area contributed by atoms with E-state index in [2.05, 4.69) is 5.32 Å². The molecule has 1 saturated carbocycles. The van der Waals surface area contributed by atoms with Crippen molar-refractivity contribution in [1.29, 1.82) is 0 Å². The van der Waals surface area contributed by atoms with Gasteiger partial charge in [0.1, 0.15) is 0 Å². The van der Waals surface area contributed by atoms with Crippen LogP contribution in [0.25, 0.3) is 0 Å². The van der Waals surface area contributed by atoms with Crippen LogP contribution in [0.5, 0.6) is 0 Å². The molecule has 19 heavy (non-hydrogen) atoms. The Balaban J connectivity index is 1.84. The van der Waals surface area contributed by atoms with Crippen molar-refractivity contribution in [3.63, 3.8) is 0 Å². The standard InChI is InChI=1S/C14H18F2N2O/c15-12-6-1-9(7-13(12)16)8-18-14(19)10-2-4-11(17)5-3-10/h1,6-7,10-11H,2-5,8,17H2,(H,18,19)/t10-,11+. The van der Waals surface area contributed by atoms with Gasteiger partial charge < -0.3 is 11.1 Å². The molecule has 1 aliphatic carbocycles. The van der Waals surface area contributed by atoms with Gasteiger partial charge in [0.05, 0.1) is 0 Å². The number of halogens is 2. The Kier molecular flexibility index (Phi) is 4.47. The number of hydrogen-bond donors (Lipinski definition) is 2. The van der Waals surface area contributed by atoms with Gasteiger partial charge in [0.25, 0.3) is 0 Å². The zero-order valence-corrected chi connectivity index (χ0v) is 10.7. The summed E-state index contributed by atoms with van der Waals surface area (Å²) in [6, 6.07) is 3.84. The lowest BCUT2D eigenvalue weighted by Gasteiger charge is -2.25. The van der Waals surface area contributed by atoms with E-state index in [1.165, 1.54) is 6.07 Å². The van der Waals surface area contributed by atoms with Crippen molar-refractivity contribution >= 4 is 5.91 Å². The van der Waals surface area contributed by atoms with Crippen molar-refractivity contribution in [3.05, 3.63) is 35.4 Å². The fourth-order valence-corrected chi connectivity index (χ4v) is 2.36. The number of amides is 1. The first kappa shape index (κ1) is 13.9. The lowest BCUT2D eigenvalue weighted by atomic mass is 9.86. The molecule has 0 aliphatic heterocycles.